The van der Waals surface area contributed by atoms with Crippen molar-refractivity contribution in [1.82, 2.24) is 4.98 Å². The third-order valence-corrected chi connectivity index (χ3v) is 3.48. The Bertz CT molecular complexity index is 453. The number of nitrogens with zero attached hydrogens (tertiary/aromatic N) is 1. The van der Waals surface area contributed by atoms with Gasteiger partial charge in [-0.3, -0.25) is 0 Å². The standard InChI is InChI=1S/C11H10BrN2S/c1-2-9-11(15-7-13-9)14-10-6-4-3-5-8(10)12/h3-7,14H,1-2H2. The second kappa shape index (κ2) is 4.77. The first kappa shape index (κ1) is 10.6. The van der Waals surface area contributed by atoms with Gasteiger partial charge in [0.15, 0.2) is 0 Å². The molecule has 1 heterocycles. The Morgan fingerprint density at radius 1 is 1.40 bits per heavy atom. The molecular weight excluding hydrogens is 272 g/mol. The van der Waals surface area contributed by atoms with E-state index >= 15 is 0 Å². The minimum Gasteiger partial charge on any atom is -0.345 e. The van der Waals surface area contributed by atoms with E-state index in [0.29, 0.717) is 6.42 Å². The van der Waals surface area contributed by atoms with Crippen molar-refractivity contribution in [2.24, 2.45) is 0 Å². The maximum Gasteiger partial charge on any atom is 0.116 e. The fourth-order valence-corrected chi connectivity index (χ4v) is 2.36. The minimum atomic E-state index is 0.705. The summed E-state index contributed by atoms with van der Waals surface area (Å²) in [5, 5.41) is 4.41. The molecule has 0 amide bonds. The number of hydrogen-bond donors (Lipinski definition) is 1. The van der Waals surface area contributed by atoms with Crippen molar-refractivity contribution < 1.29 is 0 Å². The molecule has 15 heavy (non-hydrogen) atoms. The van der Waals surface area contributed by atoms with Gasteiger partial charge in [0.05, 0.1) is 16.9 Å². The molecule has 4 heteroatoms. The van der Waals surface area contributed by atoms with Crippen molar-refractivity contribution in [3.05, 3.63) is 46.9 Å². The van der Waals surface area contributed by atoms with E-state index in [1.807, 2.05) is 29.8 Å². The largest absolute Gasteiger partial charge is 0.345 e. The SMILES string of the molecule is [CH2]Cc1ncsc1Nc1ccccc1Br. The Balaban J connectivity index is 2.26. The summed E-state index contributed by atoms with van der Waals surface area (Å²) in [5.74, 6) is 0. The Kier molecular flexibility index (Phi) is 3.38. The van der Waals surface area contributed by atoms with Crippen molar-refractivity contribution in [3.63, 3.8) is 0 Å². The number of nitrogens with one attached hydrogen (secondary N) is 1. The van der Waals surface area contributed by atoms with E-state index in [4.69, 9.17) is 0 Å². The van der Waals surface area contributed by atoms with Crippen molar-refractivity contribution in [2.75, 3.05) is 5.32 Å². The lowest BCUT2D eigenvalue weighted by atomic mass is 10.3. The van der Waals surface area contributed by atoms with Gasteiger partial charge in [-0.1, -0.05) is 12.1 Å². The monoisotopic (exact) mass is 281 g/mol. The lowest BCUT2D eigenvalue weighted by Gasteiger charge is -2.06. The van der Waals surface area contributed by atoms with Gasteiger partial charge in [-0.2, -0.15) is 0 Å². The number of aromatic nitrogens is 1. The van der Waals surface area contributed by atoms with E-state index in [-0.39, 0.29) is 0 Å². The van der Waals surface area contributed by atoms with Gasteiger partial charge >= 0.3 is 0 Å². The van der Waals surface area contributed by atoms with Crippen LogP contribution >= 0.6 is 27.3 Å². The van der Waals surface area contributed by atoms with E-state index in [2.05, 4.69) is 33.2 Å². The highest BCUT2D eigenvalue weighted by Gasteiger charge is 2.05. The first-order valence-corrected chi connectivity index (χ1v) is 6.21. The first-order valence-electron chi connectivity index (χ1n) is 4.54. The molecule has 1 radical (unpaired) electrons. The number of halogens is 1. The maximum absolute atomic E-state index is 4.24. The van der Waals surface area contributed by atoms with Crippen LogP contribution in [0.1, 0.15) is 5.69 Å². The predicted molar refractivity (Wildman–Crippen MR) is 68.6 cm³/mol. The summed E-state index contributed by atoms with van der Waals surface area (Å²) in [4.78, 5) is 4.24. The fourth-order valence-electron chi connectivity index (χ4n) is 1.23. The molecule has 0 saturated heterocycles. The summed E-state index contributed by atoms with van der Waals surface area (Å²) in [7, 11) is 0. The molecular formula is C11H10BrN2S. The molecule has 0 unspecified atom stereocenters. The van der Waals surface area contributed by atoms with Crippen molar-refractivity contribution in [1.29, 1.82) is 0 Å². The molecule has 2 aromatic rings. The molecule has 1 N–H and O–H groups in total. The molecule has 0 aliphatic rings. The number of benzene rings is 1. The Labute approximate surface area is 101 Å². The van der Waals surface area contributed by atoms with Crippen LogP contribution in [0.25, 0.3) is 0 Å². The highest BCUT2D eigenvalue weighted by Crippen LogP contribution is 2.29. The molecule has 0 atom stereocenters. The third-order valence-electron chi connectivity index (χ3n) is 2.00. The van der Waals surface area contributed by atoms with Crippen LogP contribution < -0.4 is 5.32 Å². The van der Waals surface area contributed by atoms with E-state index in [0.717, 1.165) is 20.9 Å². The zero-order chi connectivity index (χ0) is 10.7. The molecule has 0 bridgehead atoms. The van der Waals surface area contributed by atoms with Crippen molar-refractivity contribution in [2.45, 2.75) is 6.42 Å². The molecule has 2 nitrogen and oxygen atoms in total. The van der Waals surface area contributed by atoms with Gasteiger partial charge in [-0.15, -0.1) is 11.3 Å². The zero-order valence-corrected chi connectivity index (χ0v) is 10.4. The Hall–Kier alpha value is -0.870. The van der Waals surface area contributed by atoms with Crippen LogP contribution in [0.4, 0.5) is 10.7 Å². The average Bonchev–Trinajstić information content (AvgIpc) is 2.69. The predicted octanol–water partition coefficient (Wildman–Crippen LogP) is 4.03. The first-order chi connectivity index (χ1) is 7.31. The van der Waals surface area contributed by atoms with Crippen LogP contribution in [-0.2, 0) is 6.42 Å². The number of thiazole rings is 1. The quantitative estimate of drug-likeness (QED) is 0.919. The van der Waals surface area contributed by atoms with Crippen molar-refractivity contribution >= 4 is 38.0 Å². The summed E-state index contributed by atoms with van der Waals surface area (Å²) in [5.41, 5.74) is 3.90. The van der Waals surface area contributed by atoms with Crippen LogP contribution in [0.5, 0.6) is 0 Å². The van der Waals surface area contributed by atoms with Gasteiger partial charge in [0, 0.05) is 4.47 Å². The zero-order valence-electron chi connectivity index (χ0n) is 8.03. The van der Waals surface area contributed by atoms with Gasteiger partial charge < -0.3 is 5.32 Å². The highest BCUT2D eigenvalue weighted by atomic mass is 79.9. The molecule has 0 aliphatic carbocycles. The van der Waals surface area contributed by atoms with Crippen LogP contribution in [0.3, 0.4) is 0 Å². The van der Waals surface area contributed by atoms with Crippen LogP contribution in [0.2, 0.25) is 0 Å². The van der Waals surface area contributed by atoms with Gasteiger partial charge in [0.25, 0.3) is 0 Å². The molecule has 0 spiro atoms. The number of hydrogen-bond acceptors (Lipinski definition) is 3. The van der Waals surface area contributed by atoms with Gasteiger partial charge in [0.2, 0.25) is 0 Å². The number of anilines is 2. The summed E-state index contributed by atoms with van der Waals surface area (Å²) >= 11 is 5.09. The topological polar surface area (TPSA) is 24.9 Å². The number of rotatable bonds is 3. The second-order valence-electron chi connectivity index (χ2n) is 2.98. The normalized spacial score (nSPS) is 10.3. The summed E-state index contributed by atoms with van der Waals surface area (Å²) in [6, 6.07) is 8.02. The maximum atomic E-state index is 4.24. The molecule has 0 saturated carbocycles. The molecule has 0 fully saturated rings. The highest BCUT2D eigenvalue weighted by molar-refractivity contribution is 9.10. The van der Waals surface area contributed by atoms with Gasteiger partial charge in [-0.05, 0) is 41.4 Å². The van der Waals surface area contributed by atoms with E-state index < -0.39 is 0 Å². The third kappa shape index (κ3) is 2.38. The van der Waals surface area contributed by atoms with E-state index in [1.165, 1.54) is 0 Å². The van der Waals surface area contributed by atoms with E-state index in [9.17, 15) is 0 Å². The smallest absolute Gasteiger partial charge is 0.116 e. The summed E-state index contributed by atoms with van der Waals surface area (Å²) in [6.07, 6.45) is 0.705. The lowest BCUT2D eigenvalue weighted by molar-refractivity contribution is 1.15. The molecule has 77 valence electrons. The fraction of sp³-hybridized carbons (Fsp3) is 0.0909. The Morgan fingerprint density at radius 2 is 2.20 bits per heavy atom. The minimum absolute atomic E-state index is 0.705. The second-order valence-corrected chi connectivity index (χ2v) is 4.69. The average molecular weight is 282 g/mol. The lowest BCUT2D eigenvalue weighted by Crippen LogP contribution is -1.92. The molecule has 0 aliphatic heterocycles. The number of para-hydroxylation sites is 1. The van der Waals surface area contributed by atoms with Crippen LogP contribution in [-0.4, -0.2) is 4.98 Å². The molecule has 2 rings (SSSR count). The van der Waals surface area contributed by atoms with Crippen LogP contribution in [0.15, 0.2) is 34.2 Å². The molecule has 1 aromatic heterocycles. The van der Waals surface area contributed by atoms with E-state index in [1.54, 1.807) is 11.3 Å². The van der Waals surface area contributed by atoms with Gasteiger partial charge in [-0.25, -0.2) is 4.98 Å². The van der Waals surface area contributed by atoms with Crippen LogP contribution in [0, 0.1) is 6.92 Å². The van der Waals surface area contributed by atoms with Crippen molar-refractivity contribution in [3.8, 4) is 0 Å². The summed E-state index contributed by atoms with van der Waals surface area (Å²) < 4.78 is 1.05. The summed E-state index contributed by atoms with van der Waals surface area (Å²) in [6.45, 7) is 3.85. The molecule has 1 aromatic carbocycles. The van der Waals surface area contributed by atoms with Gasteiger partial charge in [0.1, 0.15) is 5.00 Å². The Morgan fingerprint density at radius 3 is 2.93 bits per heavy atom.